The molecule has 2 saturated heterocycles. The summed E-state index contributed by atoms with van der Waals surface area (Å²) in [6, 6.07) is 4.45. The van der Waals surface area contributed by atoms with Crippen LogP contribution in [0.15, 0.2) is 23.3 Å². The highest BCUT2D eigenvalue weighted by Gasteiger charge is 2.54. The summed E-state index contributed by atoms with van der Waals surface area (Å²) < 4.78 is 30.0. The lowest BCUT2D eigenvalue weighted by molar-refractivity contribution is -0.245. The molecule has 2 aliphatic heterocycles. The summed E-state index contributed by atoms with van der Waals surface area (Å²) in [7, 11) is 2.93. The molecule has 5 aliphatic rings. The van der Waals surface area contributed by atoms with Crippen LogP contribution in [-0.2, 0) is 30.2 Å². The Labute approximate surface area is 300 Å². The van der Waals surface area contributed by atoms with E-state index in [1.807, 2.05) is 0 Å². The van der Waals surface area contributed by atoms with E-state index in [2.05, 4.69) is 22.4 Å². The fourth-order valence-electron chi connectivity index (χ4n) is 8.60. The Kier molecular flexibility index (Phi) is 9.65. The molecular weight excluding hydrogens is 678 g/mol. The number of benzene rings is 2. The maximum atomic E-state index is 14.1. The lowest BCUT2D eigenvalue weighted by Crippen LogP contribution is -2.54. The topological polar surface area (TPSA) is 206 Å². The van der Waals surface area contributed by atoms with Gasteiger partial charge >= 0.3 is 0 Å². The molecule has 3 fully saturated rings. The van der Waals surface area contributed by atoms with Crippen LogP contribution in [0.2, 0.25) is 0 Å². The largest absolute Gasteiger partial charge is 0.507 e. The first kappa shape index (κ1) is 36.4. The lowest BCUT2D eigenvalue weighted by atomic mass is 9.71. The van der Waals surface area contributed by atoms with Gasteiger partial charge in [0.15, 0.2) is 18.3 Å². The number of morpholine rings is 1. The van der Waals surface area contributed by atoms with Crippen molar-refractivity contribution in [3.8, 4) is 17.2 Å². The maximum Gasteiger partial charge on any atom is 0.242 e. The zero-order chi connectivity index (χ0) is 37.2. The molecule has 15 nitrogen and oxygen atoms in total. The van der Waals surface area contributed by atoms with Crippen molar-refractivity contribution in [1.82, 2.24) is 10.3 Å². The van der Waals surface area contributed by atoms with Gasteiger partial charge in [-0.15, -0.1) is 0 Å². The van der Waals surface area contributed by atoms with E-state index in [4.69, 9.17) is 23.7 Å². The molecule has 5 N–H and O–H groups in total. The third-order valence-corrected chi connectivity index (χ3v) is 11.2. The summed E-state index contributed by atoms with van der Waals surface area (Å²) in [5.41, 5.74) is -0.698. The summed E-state index contributed by atoms with van der Waals surface area (Å²) in [4.78, 5) is 42.7. The van der Waals surface area contributed by atoms with E-state index in [-0.39, 0.29) is 63.8 Å². The Bertz CT molecular complexity index is 1830. The third kappa shape index (κ3) is 5.79. The van der Waals surface area contributed by atoms with Crippen molar-refractivity contribution in [2.75, 3.05) is 34.0 Å². The molecule has 0 spiro atoms. The van der Waals surface area contributed by atoms with E-state index in [1.54, 1.807) is 27.0 Å². The molecule has 0 aromatic heterocycles. The lowest BCUT2D eigenvalue weighted by Gasteiger charge is -2.44. The number of phenols is 2. The van der Waals surface area contributed by atoms with Crippen molar-refractivity contribution in [3.63, 3.8) is 0 Å². The number of nitrogens with zero attached hydrogens (tertiary/aromatic N) is 2. The van der Waals surface area contributed by atoms with Gasteiger partial charge in [-0.1, -0.05) is 32.9 Å². The Morgan fingerprint density at radius 1 is 1.12 bits per heavy atom. The van der Waals surface area contributed by atoms with Crippen LogP contribution in [-0.4, -0.2) is 119 Å². The van der Waals surface area contributed by atoms with Crippen LogP contribution in [0.25, 0.3) is 0 Å². The molecule has 1 amide bonds. The number of hydrazone groups is 1. The highest BCUT2D eigenvalue weighted by molar-refractivity contribution is 6.31. The highest BCUT2D eigenvalue weighted by Crippen LogP contribution is 2.53. The molecule has 15 heteroatoms. The van der Waals surface area contributed by atoms with Gasteiger partial charge in [-0.25, -0.2) is 5.43 Å². The van der Waals surface area contributed by atoms with E-state index in [0.717, 1.165) is 0 Å². The van der Waals surface area contributed by atoms with E-state index >= 15 is 0 Å². The number of aliphatic hydroxyl groups excluding tert-OH is 1. The number of nitrogens with one attached hydrogen (secondary N) is 1. The molecule has 0 unspecified atom stereocenters. The minimum Gasteiger partial charge on any atom is -0.507 e. The molecule has 2 aromatic rings. The van der Waals surface area contributed by atoms with Crippen LogP contribution < -0.4 is 10.2 Å². The molecule has 0 radical (unpaired) electrons. The van der Waals surface area contributed by atoms with Gasteiger partial charge in [-0.2, -0.15) is 5.10 Å². The van der Waals surface area contributed by atoms with E-state index < -0.39 is 83.8 Å². The normalized spacial score (nSPS) is 31.4. The third-order valence-electron chi connectivity index (χ3n) is 11.2. The van der Waals surface area contributed by atoms with Gasteiger partial charge in [0.05, 0.1) is 61.0 Å². The molecule has 0 bridgehead atoms. The molecule has 7 rings (SSSR count). The molecule has 2 aromatic carbocycles. The molecule has 1 saturated carbocycles. The smallest absolute Gasteiger partial charge is 0.242 e. The number of ketones is 2. The van der Waals surface area contributed by atoms with Crippen molar-refractivity contribution >= 4 is 23.2 Å². The Balaban J connectivity index is 1.31. The predicted molar refractivity (Wildman–Crippen MR) is 182 cm³/mol. The van der Waals surface area contributed by atoms with Crippen molar-refractivity contribution in [1.29, 1.82) is 0 Å². The zero-order valence-electron chi connectivity index (χ0n) is 29.7. The van der Waals surface area contributed by atoms with Gasteiger partial charge in [0, 0.05) is 55.1 Å². The summed E-state index contributed by atoms with van der Waals surface area (Å²) >= 11 is 0. The van der Waals surface area contributed by atoms with Crippen molar-refractivity contribution in [2.24, 2.45) is 16.9 Å². The molecule has 52 heavy (non-hydrogen) atoms. The minimum atomic E-state index is -2.02. The first-order valence-corrected chi connectivity index (χ1v) is 17.6. The van der Waals surface area contributed by atoms with Gasteiger partial charge in [0.2, 0.25) is 11.7 Å². The molecular formula is C37H45N3O12. The molecule has 2 heterocycles. The zero-order valence-corrected chi connectivity index (χ0v) is 29.7. The second kappa shape index (κ2) is 13.8. The fraction of sp³-hybridized carbons (Fsp3) is 0.568. The summed E-state index contributed by atoms with van der Waals surface area (Å²) in [5, 5.41) is 50.7. The number of phenolic OH excluding ortho intramolecular Hbond substituents is 2. The number of aliphatic hydroxyl groups is 2. The Hall–Kier alpha value is -3.96. The Morgan fingerprint density at radius 3 is 2.56 bits per heavy atom. The molecule has 8 atom stereocenters. The quantitative estimate of drug-likeness (QED) is 0.128. The second-order valence-corrected chi connectivity index (χ2v) is 14.6. The number of aromatic hydroxyl groups is 2. The monoisotopic (exact) mass is 723 g/mol. The summed E-state index contributed by atoms with van der Waals surface area (Å²) in [6.45, 7) is 5.70. The number of methoxy groups -OCH3 is 2. The number of hydrogen-bond donors (Lipinski definition) is 5. The van der Waals surface area contributed by atoms with Crippen LogP contribution >= 0.6 is 0 Å². The van der Waals surface area contributed by atoms with Crippen molar-refractivity contribution in [2.45, 2.75) is 88.9 Å². The molecule has 3 aliphatic carbocycles. The number of fused-ring (bicyclic) bond motifs is 6. The van der Waals surface area contributed by atoms with Crippen LogP contribution in [0.3, 0.4) is 0 Å². The van der Waals surface area contributed by atoms with Crippen molar-refractivity contribution in [3.05, 3.63) is 51.6 Å². The van der Waals surface area contributed by atoms with Gasteiger partial charge < -0.3 is 44.1 Å². The van der Waals surface area contributed by atoms with Crippen LogP contribution in [0, 0.1) is 11.8 Å². The SMILES string of the molecule is COc1cccc2c1C(=O)c1c(O)c3c(c(O)c1C2=O)C[C@@](O)(/C(CO)=N/NC(=O)C(C)C)C[C@@H]3O[C@@H]1C[C@@H](C)[C@H]2O[C@@H]3[C@@H](OC)OCCN3[C@H]2C1. The number of hydrogen-bond acceptors (Lipinski definition) is 14. The first-order valence-electron chi connectivity index (χ1n) is 17.6. The standard InChI is InChI=1S/C37H45N3O12/c1-16(2)34(46)39-38-24(15-41)37(47)13-20-26(32(45)28-27(30(20)43)29(42)19-7-6-8-22(48-4)25(19)31(28)44)23(14-37)51-18-11-17(3)33-21(12-18)40-9-10-50-36(49-5)35(40)52-33/h6-8,16-18,21,23,33,35-36,41,43,45,47H,9-15H2,1-5H3,(H,39,46)/b38-24+/t17-,18-,21+,23+,33-,35-,36+,37+/m1/s1. The van der Waals surface area contributed by atoms with Gasteiger partial charge in [-0.05, 0) is 24.8 Å². The number of carbonyl (C=O) groups excluding carboxylic acids is 3. The average Bonchev–Trinajstić information content (AvgIpc) is 3.51. The van der Waals surface area contributed by atoms with E-state index in [1.165, 1.54) is 19.2 Å². The van der Waals surface area contributed by atoms with Crippen molar-refractivity contribution < 1.29 is 58.5 Å². The van der Waals surface area contributed by atoms with Crippen LogP contribution in [0.5, 0.6) is 17.2 Å². The van der Waals surface area contributed by atoms with Gasteiger partial charge in [0.25, 0.3) is 0 Å². The van der Waals surface area contributed by atoms with Crippen LogP contribution in [0.1, 0.15) is 89.1 Å². The van der Waals surface area contributed by atoms with E-state index in [9.17, 15) is 34.8 Å². The second-order valence-electron chi connectivity index (χ2n) is 14.6. The molecule has 280 valence electrons. The number of rotatable bonds is 8. The minimum absolute atomic E-state index is 0.0129. The summed E-state index contributed by atoms with van der Waals surface area (Å²) in [6.07, 6.45) is -2.32. The predicted octanol–water partition coefficient (Wildman–Crippen LogP) is 1.93. The van der Waals surface area contributed by atoms with Crippen LogP contribution in [0.4, 0.5) is 0 Å². The maximum absolute atomic E-state index is 14.1. The number of amides is 1. The Morgan fingerprint density at radius 2 is 1.87 bits per heavy atom. The van der Waals surface area contributed by atoms with Gasteiger partial charge in [-0.3, -0.25) is 19.3 Å². The highest BCUT2D eigenvalue weighted by atomic mass is 16.7. The van der Waals surface area contributed by atoms with E-state index in [0.29, 0.717) is 26.0 Å². The first-order chi connectivity index (χ1) is 24.8. The van der Waals surface area contributed by atoms with Gasteiger partial charge in [0.1, 0.15) is 22.8 Å². The summed E-state index contributed by atoms with van der Waals surface area (Å²) in [5.74, 6) is -3.33. The number of carbonyl (C=O) groups is 3. The number of ether oxygens (including phenoxy) is 5. The fourth-order valence-corrected chi connectivity index (χ4v) is 8.60. The average molecular weight is 724 g/mol.